The molecule has 0 aliphatic heterocycles. The Labute approximate surface area is 177 Å². The third-order valence-corrected chi connectivity index (χ3v) is 5.10. The Balaban J connectivity index is 1.70. The summed E-state index contributed by atoms with van der Waals surface area (Å²) in [5.74, 6) is 0.0910. The third kappa shape index (κ3) is 5.32. The topological polar surface area (TPSA) is 71.1 Å². The summed E-state index contributed by atoms with van der Waals surface area (Å²) in [5.41, 5.74) is 1.94. The number of pyridine rings is 1. The lowest BCUT2D eigenvalue weighted by Crippen LogP contribution is -2.23. The summed E-state index contributed by atoms with van der Waals surface area (Å²) in [6.07, 6.45) is 1.36. The van der Waals surface area contributed by atoms with Gasteiger partial charge in [0.15, 0.2) is 0 Å². The first-order valence-electron chi connectivity index (χ1n) is 10.3. The number of amides is 2. The van der Waals surface area contributed by atoms with Crippen molar-refractivity contribution in [3.63, 3.8) is 0 Å². The van der Waals surface area contributed by atoms with Gasteiger partial charge in [0, 0.05) is 0 Å². The van der Waals surface area contributed by atoms with Crippen LogP contribution < -0.4 is 10.6 Å². The minimum Gasteiger partial charge on any atom is -0.310 e. The minimum absolute atomic E-state index is 0.115. The van der Waals surface area contributed by atoms with Gasteiger partial charge in [-0.1, -0.05) is 80.6 Å². The molecule has 0 saturated carbocycles. The van der Waals surface area contributed by atoms with E-state index in [4.69, 9.17) is 0 Å². The van der Waals surface area contributed by atoms with Crippen molar-refractivity contribution in [2.45, 2.75) is 38.5 Å². The number of anilines is 2. The fourth-order valence-electron chi connectivity index (χ4n) is 3.52. The van der Waals surface area contributed by atoms with E-state index in [-0.39, 0.29) is 23.7 Å². The average molecular weight is 402 g/mol. The highest BCUT2D eigenvalue weighted by molar-refractivity contribution is 5.97. The standard InChI is InChI=1S/C25H27N3O2/c1-3-20(18-12-7-5-8-13-18)24(29)27-22-16-11-17-23(26-22)28-25(30)21(4-2)19-14-9-6-10-15-19/h5-17,20-21H,3-4H2,1-2H3,(H2,26,27,28,29,30)/t20-,21+. The van der Waals surface area contributed by atoms with Gasteiger partial charge in [0.2, 0.25) is 11.8 Å². The van der Waals surface area contributed by atoms with E-state index in [1.165, 1.54) is 0 Å². The Kier molecular flexibility index (Phi) is 7.33. The summed E-state index contributed by atoms with van der Waals surface area (Å²) >= 11 is 0. The molecule has 3 rings (SSSR count). The normalized spacial score (nSPS) is 12.6. The van der Waals surface area contributed by atoms with Crippen LogP contribution in [0.4, 0.5) is 11.6 Å². The van der Waals surface area contributed by atoms with Gasteiger partial charge >= 0.3 is 0 Å². The highest BCUT2D eigenvalue weighted by Crippen LogP contribution is 2.23. The number of carbonyl (C=O) groups excluding carboxylic acids is 2. The monoisotopic (exact) mass is 401 g/mol. The average Bonchev–Trinajstić information content (AvgIpc) is 2.76. The summed E-state index contributed by atoms with van der Waals surface area (Å²) in [5, 5.41) is 5.76. The second-order valence-electron chi connectivity index (χ2n) is 7.13. The molecular formula is C25H27N3O2. The van der Waals surface area contributed by atoms with Crippen LogP contribution in [0.2, 0.25) is 0 Å². The molecule has 2 aromatic carbocycles. The van der Waals surface area contributed by atoms with E-state index >= 15 is 0 Å². The number of hydrogen-bond acceptors (Lipinski definition) is 3. The molecule has 2 amide bonds. The number of rotatable bonds is 8. The van der Waals surface area contributed by atoms with E-state index < -0.39 is 0 Å². The lowest BCUT2D eigenvalue weighted by atomic mass is 9.95. The van der Waals surface area contributed by atoms with Crippen molar-refractivity contribution in [2.24, 2.45) is 0 Å². The maximum Gasteiger partial charge on any atom is 0.233 e. The molecule has 2 atom stereocenters. The molecule has 154 valence electrons. The van der Waals surface area contributed by atoms with E-state index in [9.17, 15) is 9.59 Å². The molecule has 0 unspecified atom stereocenters. The highest BCUT2D eigenvalue weighted by atomic mass is 16.2. The summed E-state index contributed by atoms with van der Waals surface area (Å²) in [6.45, 7) is 3.96. The van der Waals surface area contributed by atoms with Gasteiger partial charge in [0.1, 0.15) is 11.6 Å². The largest absolute Gasteiger partial charge is 0.310 e. The number of nitrogens with one attached hydrogen (secondary N) is 2. The SMILES string of the molecule is CC[C@H](C(=O)Nc1cccc(NC(=O)[C@H](CC)c2ccccc2)n1)c1ccccc1. The zero-order chi connectivity index (χ0) is 21.3. The molecule has 0 aliphatic rings. The van der Waals surface area contributed by atoms with E-state index in [0.717, 1.165) is 11.1 Å². The van der Waals surface area contributed by atoms with E-state index in [1.807, 2.05) is 74.5 Å². The molecule has 1 aromatic heterocycles. The molecule has 0 radical (unpaired) electrons. The van der Waals surface area contributed by atoms with E-state index in [1.54, 1.807) is 18.2 Å². The van der Waals surface area contributed by atoms with Crippen LogP contribution in [0.25, 0.3) is 0 Å². The van der Waals surface area contributed by atoms with E-state index in [0.29, 0.717) is 24.5 Å². The van der Waals surface area contributed by atoms with Crippen molar-refractivity contribution in [1.82, 2.24) is 4.98 Å². The quantitative estimate of drug-likeness (QED) is 0.535. The van der Waals surface area contributed by atoms with Crippen molar-refractivity contribution in [3.8, 4) is 0 Å². The van der Waals surface area contributed by atoms with Crippen molar-refractivity contribution >= 4 is 23.5 Å². The summed E-state index contributed by atoms with van der Waals surface area (Å²) in [7, 11) is 0. The molecule has 0 aliphatic carbocycles. The van der Waals surface area contributed by atoms with Crippen LogP contribution in [-0.4, -0.2) is 16.8 Å². The minimum atomic E-state index is -0.256. The van der Waals surface area contributed by atoms with Crippen molar-refractivity contribution in [2.75, 3.05) is 10.6 Å². The molecule has 0 bridgehead atoms. The van der Waals surface area contributed by atoms with Gasteiger partial charge < -0.3 is 10.6 Å². The molecule has 0 fully saturated rings. The summed E-state index contributed by atoms with van der Waals surface area (Å²) in [4.78, 5) is 30.0. The smallest absolute Gasteiger partial charge is 0.233 e. The van der Waals surface area contributed by atoms with Crippen LogP contribution in [0.15, 0.2) is 78.9 Å². The zero-order valence-corrected chi connectivity index (χ0v) is 17.3. The highest BCUT2D eigenvalue weighted by Gasteiger charge is 2.21. The Bertz CT molecular complexity index is 897. The fourth-order valence-corrected chi connectivity index (χ4v) is 3.52. The maximum atomic E-state index is 12.8. The Morgan fingerprint density at radius 1 is 0.667 bits per heavy atom. The molecule has 1 heterocycles. The van der Waals surface area contributed by atoms with Gasteiger partial charge in [-0.15, -0.1) is 0 Å². The van der Waals surface area contributed by atoms with Crippen LogP contribution in [0, 0.1) is 0 Å². The predicted molar refractivity (Wildman–Crippen MR) is 120 cm³/mol. The third-order valence-electron chi connectivity index (χ3n) is 5.10. The van der Waals surface area contributed by atoms with Crippen LogP contribution in [0.5, 0.6) is 0 Å². The lowest BCUT2D eigenvalue weighted by Gasteiger charge is -2.17. The van der Waals surface area contributed by atoms with Gasteiger partial charge in [0.25, 0.3) is 0 Å². The first-order chi connectivity index (χ1) is 14.6. The molecule has 2 N–H and O–H groups in total. The van der Waals surface area contributed by atoms with E-state index in [2.05, 4.69) is 15.6 Å². The van der Waals surface area contributed by atoms with Gasteiger partial charge in [-0.25, -0.2) is 4.98 Å². The fraction of sp³-hybridized carbons (Fsp3) is 0.240. The molecular weight excluding hydrogens is 374 g/mol. The second kappa shape index (κ2) is 10.3. The number of aromatic nitrogens is 1. The Morgan fingerprint density at radius 2 is 1.07 bits per heavy atom. The first kappa shape index (κ1) is 21.2. The molecule has 3 aromatic rings. The number of hydrogen-bond donors (Lipinski definition) is 2. The van der Waals surface area contributed by atoms with Crippen LogP contribution in [0.1, 0.15) is 49.7 Å². The molecule has 0 saturated heterocycles. The number of carbonyl (C=O) groups is 2. The zero-order valence-electron chi connectivity index (χ0n) is 17.3. The number of nitrogens with zero attached hydrogens (tertiary/aromatic N) is 1. The van der Waals surface area contributed by atoms with Gasteiger partial charge in [-0.3, -0.25) is 9.59 Å². The predicted octanol–water partition coefficient (Wildman–Crippen LogP) is 5.35. The van der Waals surface area contributed by atoms with Crippen molar-refractivity contribution in [1.29, 1.82) is 0 Å². The first-order valence-corrected chi connectivity index (χ1v) is 10.3. The lowest BCUT2D eigenvalue weighted by molar-refractivity contribution is -0.118. The molecule has 5 heteroatoms. The van der Waals surface area contributed by atoms with Gasteiger partial charge in [0.05, 0.1) is 11.8 Å². The summed E-state index contributed by atoms with van der Waals surface area (Å²) < 4.78 is 0. The van der Waals surface area contributed by atoms with Crippen molar-refractivity contribution < 1.29 is 9.59 Å². The number of benzene rings is 2. The summed E-state index contributed by atoms with van der Waals surface area (Å²) in [6, 6.07) is 24.6. The van der Waals surface area contributed by atoms with Gasteiger partial charge in [-0.05, 0) is 36.1 Å². The van der Waals surface area contributed by atoms with Gasteiger partial charge in [-0.2, -0.15) is 0 Å². The molecule has 0 spiro atoms. The maximum absolute atomic E-state index is 12.8. The Morgan fingerprint density at radius 3 is 1.43 bits per heavy atom. The van der Waals surface area contributed by atoms with Crippen LogP contribution in [-0.2, 0) is 9.59 Å². The molecule has 30 heavy (non-hydrogen) atoms. The second-order valence-corrected chi connectivity index (χ2v) is 7.13. The molecule has 5 nitrogen and oxygen atoms in total. The van der Waals surface area contributed by atoms with Crippen LogP contribution >= 0.6 is 0 Å². The Hall–Kier alpha value is -3.47. The van der Waals surface area contributed by atoms with Crippen molar-refractivity contribution in [3.05, 3.63) is 90.0 Å². The van der Waals surface area contributed by atoms with Crippen LogP contribution in [0.3, 0.4) is 0 Å².